The fourth-order valence-electron chi connectivity index (χ4n) is 2.26. The number of thioether (sulfide) groups is 1. The summed E-state index contributed by atoms with van der Waals surface area (Å²) < 4.78 is 5.30. The largest absolute Gasteiger partial charge is 0.479 e. The number of hydrogen-bond donors (Lipinski definition) is 1. The molecule has 1 N–H and O–H groups in total. The molecule has 1 aromatic rings. The van der Waals surface area contributed by atoms with Gasteiger partial charge in [0.2, 0.25) is 5.91 Å². The average Bonchev–Trinajstić information content (AvgIpc) is 2.48. The Labute approximate surface area is 138 Å². The van der Waals surface area contributed by atoms with Gasteiger partial charge in [-0.05, 0) is 19.1 Å². The van der Waals surface area contributed by atoms with E-state index in [-0.39, 0.29) is 18.6 Å². The molecule has 1 heterocycles. The summed E-state index contributed by atoms with van der Waals surface area (Å²) in [5.41, 5.74) is 0. The standard InChI is InChI=1S/C15H18ClNO4S/c1-10-8-17(9-12(21-10)15(19)20)14(18)6-7-22-13-5-3-2-4-11(13)16/h2-5,10,12H,6-9H2,1H3,(H,19,20)/t10-,12?/m1/s1. The molecule has 0 spiro atoms. The molecule has 2 atom stereocenters. The Morgan fingerprint density at radius 2 is 2.14 bits per heavy atom. The van der Waals surface area contributed by atoms with E-state index in [4.69, 9.17) is 21.4 Å². The van der Waals surface area contributed by atoms with Gasteiger partial charge in [0.15, 0.2) is 6.10 Å². The van der Waals surface area contributed by atoms with Crippen LogP contribution in [0.15, 0.2) is 29.2 Å². The zero-order chi connectivity index (χ0) is 16.1. The molecule has 1 aliphatic rings. The van der Waals surface area contributed by atoms with Crippen LogP contribution in [0, 0.1) is 0 Å². The number of aliphatic carboxylic acids is 1. The lowest BCUT2D eigenvalue weighted by Gasteiger charge is -2.35. The molecule has 2 rings (SSSR count). The highest BCUT2D eigenvalue weighted by Gasteiger charge is 2.32. The third-order valence-corrected chi connectivity index (χ3v) is 4.82. The van der Waals surface area contributed by atoms with Crippen LogP contribution >= 0.6 is 23.4 Å². The maximum Gasteiger partial charge on any atom is 0.334 e. The highest BCUT2D eigenvalue weighted by Crippen LogP contribution is 2.27. The molecule has 7 heteroatoms. The minimum Gasteiger partial charge on any atom is -0.479 e. The van der Waals surface area contributed by atoms with Gasteiger partial charge in [-0.3, -0.25) is 4.79 Å². The van der Waals surface area contributed by atoms with Gasteiger partial charge < -0.3 is 14.7 Å². The van der Waals surface area contributed by atoms with Gasteiger partial charge in [0.1, 0.15) is 0 Å². The number of carbonyl (C=O) groups excluding carboxylic acids is 1. The van der Waals surface area contributed by atoms with Crippen molar-refractivity contribution in [2.75, 3.05) is 18.8 Å². The lowest BCUT2D eigenvalue weighted by molar-refractivity contribution is -0.166. The van der Waals surface area contributed by atoms with Gasteiger partial charge >= 0.3 is 5.97 Å². The summed E-state index contributed by atoms with van der Waals surface area (Å²) >= 11 is 7.58. The molecule has 22 heavy (non-hydrogen) atoms. The lowest BCUT2D eigenvalue weighted by atomic mass is 10.2. The lowest BCUT2D eigenvalue weighted by Crippen LogP contribution is -2.51. The van der Waals surface area contributed by atoms with Crippen LogP contribution in [-0.4, -0.2) is 52.9 Å². The van der Waals surface area contributed by atoms with Crippen LogP contribution in [-0.2, 0) is 14.3 Å². The van der Waals surface area contributed by atoms with E-state index in [0.717, 1.165) is 4.90 Å². The molecular weight excluding hydrogens is 326 g/mol. The summed E-state index contributed by atoms with van der Waals surface area (Å²) in [4.78, 5) is 25.8. The van der Waals surface area contributed by atoms with Crippen LogP contribution in [0.5, 0.6) is 0 Å². The van der Waals surface area contributed by atoms with Gasteiger partial charge in [0.25, 0.3) is 0 Å². The van der Waals surface area contributed by atoms with Gasteiger partial charge in [-0.15, -0.1) is 11.8 Å². The second-order valence-electron chi connectivity index (χ2n) is 5.10. The fourth-order valence-corrected chi connectivity index (χ4v) is 3.44. The van der Waals surface area contributed by atoms with Gasteiger partial charge in [-0.1, -0.05) is 23.7 Å². The monoisotopic (exact) mass is 343 g/mol. The Bertz CT molecular complexity index is 554. The van der Waals surface area contributed by atoms with E-state index in [9.17, 15) is 9.59 Å². The van der Waals surface area contributed by atoms with Gasteiger partial charge in [-0.2, -0.15) is 0 Å². The number of rotatable bonds is 5. The predicted molar refractivity (Wildman–Crippen MR) is 85.3 cm³/mol. The van der Waals surface area contributed by atoms with E-state index in [2.05, 4.69) is 0 Å². The number of hydrogen-bond acceptors (Lipinski definition) is 4. The van der Waals surface area contributed by atoms with Crippen molar-refractivity contribution in [3.8, 4) is 0 Å². The SMILES string of the molecule is C[C@@H]1CN(C(=O)CCSc2ccccc2Cl)CC(C(=O)O)O1. The van der Waals surface area contributed by atoms with Crippen molar-refractivity contribution in [1.82, 2.24) is 4.90 Å². The Kier molecular flexibility index (Phi) is 6.11. The molecule has 1 fully saturated rings. The Hall–Kier alpha value is -1.24. The number of carboxylic acids is 1. The van der Waals surface area contributed by atoms with Crippen molar-refractivity contribution < 1.29 is 19.4 Å². The molecular formula is C15H18ClNO4S. The number of morpholine rings is 1. The first-order valence-corrected chi connectivity index (χ1v) is 8.37. The summed E-state index contributed by atoms with van der Waals surface area (Å²) in [5, 5.41) is 9.70. The molecule has 0 aliphatic carbocycles. The van der Waals surface area contributed by atoms with E-state index in [0.29, 0.717) is 23.7 Å². The number of ether oxygens (including phenoxy) is 1. The number of carbonyl (C=O) groups is 2. The molecule has 1 saturated heterocycles. The quantitative estimate of drug-likeness (QED) is 0.832. The van der Waals surface area contributed by atoms with Crippen molar-refractivity contribution in [1.29, 1.82) is 0 Å². The summed E-state index contributed by atoms with van der Waals surface area (Å²) in [7, 11) is 0. The summed E-state index contributed by atoms with van der Waals surface area (Å²) in [6, 6.07) is 7.48. The molecule has 0 radical (unpaired) electrons. The van der Waals surface area contributed by atoms with Gasteiger partial charge in [-0.25, -0.2) is 4.79 Å². The first-order valence-electron chi connectivity index (χ1n) is 7.00. The first kappa shape index (κ1) is 17.1. The normalized spacial score (nSPS) is 21.6. The Morgan fingerprint density at radius 1 is 1.41 bits per heavy atom. The third-order valence-electron chi connectivity index (χ3n) is 3.30. The fraction of sp³-hybridized carbons (Fsp3) is 0.467. The number of benzene rings is 1. The number of amides is 1. The smallest absolute Gasteiger partial charge is 0.334 e. The van der Waals surface area contributed by atoms with E-state index in [1.54, 1.807) is 11.8 Å². The topological polar surface area (TPSA) is 66.8 Å². The molecule has 0 bridgehead atoms. The maximum absolute atomic E-state index is 12.2. The third kappa shape index (κ3) is 4.63. The maximum atomic E-state index is 12.2. The molecule has 1 aliphatic heterocycles. The van der Waals surface area contributed by atoms with Crippen LogP contribution in [0.1, 0.15) is 13.3 Å². The van der Waals surface area contributed by atoms with Crippen molar-refractivity contribution >= 4 is 35.2 Å². The Morgan fingerprint density at radius 3 is 2.82 bits per heavy atom. The molecule has 5 nitrogen and oxygen atoms in total. The van der Waals surface area contributed by atoms with Crippen molar-refractivity contribution in [2.24, 2.45) is 0 Å². The molecule has 0 saturated carbocycles. The van der Waals surface area contributed by atoms with Crippen LogP contribution < -0.4 is 0 Å². The van der Waals surface area contributed by atoms with Crippen molar-refractivity contribution in [2.45, 2.75) is 30.4 Å². The van der Waals surface area contributed by atoms with E-state index < -0.39 is 12.1 Å². The highest BCUT2D eigenvalue weighted by atomic mass is 35.5. The molecule has 1 amide bonds. The van der Waals surface area contributed by atoms with Gasteiger partial charge in [0, 0.05) is 23.6 Å². The summed E-state index contributed by atoms with van der Waals surface area (Å²) in [6.45, 7) is 2.31. The predicted octanol–water partition coefficient (Wildman–Crippen LogP) is 2.52. The Balaban J connectivity index is 1.84. The first-order chi connectivity index (χ1) is 10.5. The van der Waals surface area contributed by atoms with Crippen LogP contribution in [0.2, 0.25) is 5.02 Å². The van der Waals surface area contributed by atoms with Crippen molar-refractivity contribution in [3.63, 3.8) is 0 Å². The zero-order valence-electron chi connectivity index (χ0n) is 12.2. The average molecular weight is 344 g/mol. The highest BCUT2D eigenvalue weighted by molar-refractivity contribution is 7.99. The van der Waals surface area contributed by atoms with E-state index in [1.807, 2.05) is 24.3 Å². The molecule has 1 aromatic carbocycles. The molecule has 120 valence electrons. The minimum absolute atomic E-state index is 0.0547. The van der Waals surface area contributed by atoms with Crippen LogP contribution in [0.4, 0.5) is 0 Å². The number of nitrogens with zero attached hydrogens (tertiary/aromatic N) is 1. The summed E-state index contributed by atoms with van der Waals surface area (Å²) in [5.74, 6) is -0.484. The minimum atomic E-state index is -1.03. The van der Waals surface area contributed by atoms with E-state index >= 15 is 0 Å². The second kappa shape index (κ2) is 7.85. The second-order valence-corrected chi connectivity index (χ2v) is 6.65. The van der Waals surface area contributed by atoms with Crippen LogP contribution in [0.3, 0.4) is 0 Å². The van der Waals surface area contributed by atoms with Gasteiger partial charge in [0.05, 0.1) is 17.7 Å². The van der Waals surface area contributed by atoms with E-state index in [1.165, 1.54) is 11.8 Å². The zero-order valence-corrected chi connectivity index (χ0v) is 13.8. The number of halogens is 1. The van der Waals surface area contributed by atoms with Crippen LogP contribution in [0.25, 0.3) is 0 Å². The summed E-state index contributed by atoms with van der Waals surface area (Å²) in [6.07, 6.45) is -0.867. The van der Waals surface area contributed by atoms with Crippen molar-refractivity contribution in [3.05, 3.63) is 29.3 Å². The molecule has 1 unspecified atom stereocenters. The molecule has 0 aromatic heterocycles. The number of carboxylic acid groups (broad SMARTS) is 1.